The van der Waals surface area contributed by atoms with Crippen LogP contribution in [0.25, 0.3) is 10.8 Å². The zero-order valence-electron chi connectivity index (χ0n) is 19.5. The molecule has 3 aromatic rings. The van der Waals surface area contributed by atoms with Gasteiger partial charge in [-0.1, -0.05) is 30.3 Å². The Morgan fingerprint density at radius 2 is 1.81 bits per heavy atom. The van der Waals surface area contributed by atoms with Gasteiger partial charge in [-0.15, -0.1) is 0 Å². The van der Waals surface area contributed by atoms with Crippen molar-refractivity contribution in [2.24, 2.45) is 0 Å². The fraction of sp³-hybridized carbons (Fsp3) is 0.346. The molecule has 5 rings (SSSR count). The first kappa shape index (κ1) is 24.1. The van der Waals surface area contributed by atoms with Gasteiger partial charge in [-0.25, -0.2) is 4.98 Å². The highest BCUT2D eigenvalue weighted by atomic mass is 19.4. The molecule has 2 amide bonds. The minimum atomic E-state index is -4.51. The number of hydrogen-bond acceptors (Lipinski definition) is 5. The highest BCUT2D eigenvalue weighted by Crippen LogP contribution is 2.37. The van der Waals surface area contributed by atoms with Crippen molar-refractivity contribution in [2.45, 2.75) is 24.6 Å². The number of halogens is 3. The number of likely N-dealkylation sites (tertiary alicyclic amines) is 1. The van der Waals surface area contributed by atoms with Gasteiger partial charge >= 0.3 is 6.18 Å². The zero-order valence-corrected chi connectivity index (χ0v) is 19.5. The van der Waals surface area contributed by atoms with E-state index < -0.39 is 17.4 Å². The number of nitrogens with zero attached hydrogens (tertiary/aromatic N) is 3. The van der Waals surface area contributed by atoms with Crippen molar-refractivity contribution in [3.8, 4) is 0 Å². The molecule has 2 fully saturated rings. The molecule has 1 aromatic heterocycles. The Bertz CT molecular complexity index is 1270. The fourth-order valence-electron chi connectivity index (χ4n) is 5.04. The molecule has 0 aliphatic carbocycles. The van der Waals surface area contributed by atoms with E-state index in [2.05, 4.69) is 20.5 Å². The average Bonchev–Trinajstić information content (AvgIpc) is 3.19. The lowest BCUT2D eigenvalue weighted by molar-refractivity contribution is -0.141. The largest absolute Gasteiger partial charge is 0.433 e. The van der Waals surface area contributed by atoms with Crippen molar-refractivity contribution in [1.82, 2.24) is 20.5 Å². The summed E-state index contributed by atoms with van der Waals surface area (Å²) in [4.78, 5) is 32.9. The summed E-state index contributed by atoms with van der Waals surface area (Å²) in [5.74, 6) is -0.253. The number of carbonyl (C=O) groups excluding carboxylic acids is 2. The summed E-state index contributed by atoms with van der Waals surface area (Å²) in [7, 11) is 0. The van der Waals surface area contributed by atoms with E-state index in [9.17, 15) is 22.8 Å². The predicted octanol–water partition coefficient (Wildman–Crippen LogP) is 3.41. The number of alkyl halides is 3. The van der Waals surface area contributed by atoms with Crippen LogP contribution >= 0.6 is 0 Å². The lowest BCUT2D eigenvalue weighted by atomic mass is 9.85. The summed E-state index contributed by atoms with van der Waals surface area (Å²) >= 11 is 0. The van der Waals surface area contributed by atoms with E-state index in [1.54, 1.807) is 0 Å². The van der Waals surface area contributed by atoms with Crippen LogP contribution in [-0.2, 0) is 11.0 Å². The molecule has 7 nitrogen and oxygen atoms in total. The lowest BCUT2D eigenvalue weighted by Crippen LogP contribution is -2.57. The van der Waals surface area contributed by atoms with Gasteiger partial charge in [0.1, 0.15) is 11.2 Å². The van der Waals surface area contributed by atoms with Crippen LogP contribution in [0.15, 0.2) is 60.8 Å². The number of amides is 2. The van der Waals surface area contributed by atoms with Crippen molar-refractivity contribution >= 4 is 28.3 Å². The summed E-state index contributed by atoms with van der Waals surface area (Å²) < 4.78 is 38.7. The third-order valence-electron chi connectivity index (χ3n) is 7.10. The third-order valence-corrected chi connectivity index (χ3v) is 7.10. The Balaban J connectivity index is 1.16. The molecule has 0 atom stereocenters. The standard InChI is InChI=1S/C26H26F3N5O2/c27-26(28,29)22-8-7-21(16-31-22)34-17-32-24(36)25(34)9-12-33(13-10-25)14-11-30-23(35)20-6-5-18-3-1-2-4-19(18)15-20/h1-8,15-16H,9-14,17H2,(H,30,35)(H,32,36). The highest BCUT2D eigenvalue weighted by molar-refractivity contribution is 5.98. The van der Waals surface area contributed by atoms with Crippen molar-refractivity contribution in [3.05, 3.63) is 72.1 Å². The van der Waals surface area contributed by atoms with E-state index in [1.807, 2.05) is 47.4 Å². The van der Waals surface area contributed by atoms with Gasteiger partial charge in [-0.2, -0.15) is 13.2 Å². The van der Waals surface area contributed by atoms with E-state index in [0.717, 1.165) is 16.8 Å². The first-order valence-electron chi connectivity index (χ1n) is 11.8. The highest BCUT2D eigenvalue weighted by Gasteiger charge is 2.50. The Hall–Kier alpha value is -3.66. The summed E-state index contributed by atoms with van der Waals surface area (Å²) in [5.41, 5.74) is -0.682. The molecule has 2 N–H and O–H groups in total. The number of benzene rings is 2. The topological polar surface area (TPSA) is 77.6 Å². The molecular formula is C26H26F3N5O2. The lowest BCUT2D eigenvalue weighted by Gasteiger charge is -2.43. The molecular weight excluding hydrogens is 471 g/mol. The van der Waals surface area contributed by atoms with Gasteiger partial charge in [0.2, 0.25) is 5.91 Å². The molecule has 2 aliphatic rings. The van der Waals surface area contributed by atoms with Gasteiger partial charge in [0.25, 0.3) is 5.91 Å². The van der Waals surface area contributed by atoms with Gasteiger partial charge in [0, 0.05) is 31.7 Å². The molecule has 3 heterocycles. The summed E-state index contributed by atoms with van der Waals surface area (Å²) in [6.45, 7) is 2.59. The SMILES string of the molecule is O=C(NCCN1CCC2(CC1)C(=O)NCN2c1ccc(C(F)(F)F)nc1)c1ccc2ccccc2c1. The van der Waals surface area contributed by atoms with Crippen molar-refractivity contribution in [2.75, 3.05) is 37.7 Å². The van der Waals surface area contributed by atoms with E-state index in [-0.39, 0.29) is 18.5 Å². The quantitative estimate of drug-likeness (QED) is 0.565. The number of carbonyl (C=O) groups is 2. The number of piperidine rings is 1. The fourth-order valence-corrected chi connectivity index (χ4v) is 5.04. The molecule has 1 spiro atoms. The van der Waals surface area contributed by atoms with Crippen LogP contribution in [0.4, 0.5) is 18.9 Å². The molecule has 2 aromatic carbocycles. The van der Waals surface area contributed by atoms with Crippen molar-refractivity contribution in [3.63, 3.8) is 0 Å². The van der Waals surface area contributed by atoms with Crippen LogP contribution in [0, 0.1) is 0 Å². The van der Waals surface area contributed by atoms with Crippen LogP contribution in [0.3, 0.4) is 0 Å². The Morgan fingerprint density at radius 1 is 1.06 bits per heavy atom. The Kier molecular flexibility index (Phi) is 6.29. The summed E-state index contributed by atoms with van der Waals surface area (Å²) in [6.07, 6.45) is -2.28. The summed E-state index contributed by atoms with van der Waals surface area (Å²) in [6, 6.07) is 15.8. The van der Waals surface area contributed by atoms with Crippen LogP contribution < -0.4 is 15.5 Å². The van der Waals surface area contributed by atoms with Crippen molar-refractivity contribution in [1.29, 1.82) is 0 Å². The first-order valence-corrected chi connectivity index (χ1v) is 11.8. The number of rotatable bonds is 5. The predicted molar refractivity (Wildman–Crippen MR) is 129 cm³/mol. The van der Waals surface area contributed by atoms with E-state index in [1.165, 1.54) is 12.3 Å². The van der Waals surface area contributed by atoms with Gasteiger partial charge in [0.15, 0.2) is 0 Å². The summed E-state index contributed by atoms with van der Waals surface area (Å²) in [5, 5.41) is 7.89. The second kappa shape index (κ2) is 9.42. The van der Waals surface area contributed by atoms with E-state index >= 15 is 0 Å². The normalized spacial score (nSPS) is 18.0. The smallest absolute Gasteiger partial charge is 0.351 e. The van der Waals surface area contributed by atoms with Crippen molar-refractivity contribution < 1.29 is 22.8 Å². The minimum Gasteiger partial charge on any atom is -0.351 e. The number of aromatic nitrogens is 1. The van der Waals surface area contributed by atoms with Crippen LogP contribution in [0.5, 0.6) is 0 Å². The molecule has 2 aliphatic heterocycles. The van der Waals surface area contributed by atoms with E-state index in [4.69, 9.17) is 0 Å². The number of nitrogens with one attached hydrogen (secondary N) is 2. The molecule has 188 valence electrons. The molecule has 2 saturated heterocycles. The number of hydrogen-bond donors (Lipinski definition) is 2. The number of anilines is 1. The molecule has 36 heavy (non-hydrogen) atoms. The van der Waals surface area contributed by atoms with Gasteiger partial charge in [-0.3, -0.25) is 9.59 Å². The maximum absolute atomic E-state index is 12.9. The second-order valence-corrected chi connectivity index (χ2v) is 9.18. The van der Waals surface area contributed by atoms with Crippen LogP contribution in [-0.4, -0.2) is 60.1 Å². The van der Waals surface area contributed by atoms with E-state index in [0.29, 0.717) is 50.3 Å². The van der Waals surface area contributed by atoms with Crippen LogP contribution in [0.2, 0.25) is 0 Å². The first-order chi connectivity index (χ1) is 17.3. The molecule has 10 heteroatoms. The molecule has 0 saturated carbocycles. The Labute approximate surface area is 206 Å². The molecule has 0 bridgehead atoms. The number of pyridine rings is 1. The van der Waals surface area contributed by atoms with Gasteiger partial charge in [0.05, 0.1) is 18.6 Å². The minimum absolute atomic E-state index is 0.119. The average molecular weight is 498 g/mol. The molecule has 0 unspecified atom stereocenters. The zero-order chi connectivity index (χ0) is 25.3. The maximum Gasteiger partial charge on any atom is 0.433 e. The van der Waals surface area contributed by atoms with Crippen LogP contribution in [0.1, 0.15) is 28.9 Å². The number of fused-ring (bicyclic) bond motifs is 1. The second-order valence-electron chi connectivity index (χ2n) is 9.18. The van der Waals surface area contributed by atoms with Gasteiger partial charge < -0.3 is 20.4 Å². The monoisotopic (exact) mass is 497 g/mol. The Morgan fingerprint density at radius 3 is 2.50 bits per heavy atom. The van der Waals surface area contributed by atoms with Gasteiger partial charge in [-0.05, 0) is 47.9 Å². The maximum atomic E-state index is 12.9. The third kappa shape index (κ3) is 4.60. The molecule has 0 radical (unpaired) electrons.